The Morgan fingerprint density at radius 3 is 2.61 bits per heavy atom. The Labute approximate surface area is 113 Å². The zero-order valence-corrected chi connectivity index (χ0v) is 11.3. The first-order valence-corrected chi connectivity index (χ1v) is 6.10. The van der Waals surface area contributed by atoms with E-state index in [-0.39, 0.29) is 5.91 Å². The van der Waals surface area contributed by atoms with Gasteiger partial charge in [0.25, 0.3) is 5.91 Å². The molecule has 2 aromatic rings. The molecule has 1 N–H and O–H groups in total. The number of hydrazone groups is 1. The lowest BCUT2D eigenvalue weighted by atomic mass is 10.2. The number of hydrogen-bond donors (Lipinski definition) is 1. The molecule has 92 valence electrons. The summed E-state index contributed by atoms with van der Waals surface area (Å²) in [4.78, 5) is 11.7. The minimum atomic E-state index is -0.262. The van der Waals surface area contributed by atoms with Gasteiger partial charge >= 0.3 is 0 Å². The number of nitrogens with one attached hydrogen (secondary N) is 1. The topological polar surface area (TPSA) is 54.6 Å². The van der Waals surface area contributed by atoms with Crippen LogP contribution in [0.5, 0.6) is 0 Å². The molecular weight excluding hydrogens is 296 g/mol. The molecule has 5 heteroatoms. The van der Waals surface area contributed by atoms with Gasteiger partial charge in [-0.25, -0.2) is 5.43 Å². The summed E-state index contributed by atoms with van der Waals surface area (Å²) in [7, 11) is 0. The van der Waals surface area contributed by atoms with Gasteiger partial charge in [-0.15, -0.1) is 0 Å². The smallest absolute Gasteiger partial charge is 0.271 e. The van der Waals surface area contributed by atoms with Gasteiger partial charge in [0.05, 0.1) is 6.21 Å². The zero-order valence-electron chi connectivity index (χ0n) is 9.68. The van der Waals surface area contributed by atoms with Gasteiger partial charge in [-0.1, -0.05) is 15.9 Å². The lowest BCUT2D eigenvalue weighted by molar-refractivity contribution is 0.0955. The van der Waals surface area contributed by atoms with Gasteiger partial charge in [-0.05, 0) is 43.3 Å². The fraction of sp³-hybridized carbons (Fsp3) is 0.0769. The summed E-state index contributed by atoms with van der Waals surface area (Å²) in [6, 6.07) is 10.6. The maximum absolute atomic E-state index is 11.7. The largest absolute Gasteiger partial charge is 0.460 e. The maximum Gasteiger partial charge on any atom is 0.271 e. The van der Waals surface area contributed by atoms with Crippen LogP contribution in [0.2, 0.25) is 0 Å². The number of amides is 1. The molecule has 0 unspecified atom stereocenters. The first kappa shape index (κ1) is 12.6. The lowest BCUT2D eigenvalue weighted by Crippen LogP contribution is -2.17. The van der Waals surface area contributed by atoms with E-state index in [1.165, 1.54) is 6.21 Å². The van der Waals surface area contributed by atoms with Crippen molar-refractivity contribution in [2.75, 3.05) is 0 Å². The maximum atomic E-state index is 11.7. The van der Waals surface area contributed by atoms with Crippen molar-refractivity contribution in [1.29, 1.82) is 0 Å². The van der Waals surface area contributed by atoms with Crippen LogP contribution in [0.4, 0.5) is 0 Å². The molecule has 0 aliphatic heterocycles. The van der Waals surface area contributed by atoms with Crippen LogP contribution in [-0.4, -0.2) is 12.1 Å². The highest BCUT2D eigenvalue weighted by atomic mass is 79.9. The molecule has 0 bridgehead atoms. The minimum Gasteiger partial charge on any atom is -0.460 e. The van der Waals surface area contributed by atoms with E-state index in [9.17, 15) is 4.79 Å². The van der Waals surface area contributed by atoms with E-state index in [0.717, 1.165) is 10.2 Å². The number of carbonyl (C=O) groups excluding carboxylic acids is 1. The van der Waals surface area contributed by atoms with Gasteiger partial charge in [-0.3, -0.25) is 4.79 Å². The summed E-state index contributed by atoms with van der Waals surface area (Å²) in [5, 5.41) is 3.82. The molecule has 0 atom stereocenters. The normalized spacial score (nSPS) is 10.8. The Bertz CT molecular complexity index is 573. The third kappa shape index (κ3) is 3.30. The molecule has 1 heterocycles. The van der Waals surface area contributed by atoms with Gasteiger partial charge in [0.15, 0.2) is 0 Å². The third-order valence-corrected chi connectivity index (χ3v) is 2.75. The summed E-state index contributed by atoms with van der Waals surface area (Å²) in [5.41, 5.74) is 2.98. The van der Waals surface area contributed by atoms with Crippen LogP contribution in [0.3, 0.4) is 0 Å². The lowest BCUT2D eigenvalue weighted by Gasteiger charge is -1.99. The molecule has 0 radical (unpaired) electrons. The third-order valence-electron chi connectivity index (χ3n) is 2.23. The molecule has 0 aliphatic carbocycles. The van der Waals surface area contributed by atoms with Gasteiger partial charge in [0.1, 0.15) is 11.5 Å². The average Bonchev–Trinajstić information content (AvgIpc) is 2.76. The molecule has 0 saturated carbocycles. The molecule has 1 aromatic heterocycles. The average molecular weight is 307 g/mol. The second kappa shape index (κ2) is 5.64. The Balaban J connectivity index is 1.96. The van der Waals surface area contributed by atoms with Crippen LogP contribution in [0.15, 0.2) is 50.4 Å². The SMILES string of the molecule is Cc1ccc(C=NNC(=O)c2ccc(Br)cc2)o1. The number of hydrogen-bond acceptors (Lipinski definition) is 3. The van der Waals surface area contributed by atoms with Gasteiger partial charge in [0.2, 0.25) is 0 Å². The molecular formula is C13H11BrN2O2. The summed E-state index contributed by atoms with van der Waals surface area (Å²) in [6.07, 6.45) is 1.46. The number of carbonyl (C=O) groups is 1. The summed E-state index contributed by atoms with van der Waals surface area (Å²) in [5.74, 6) is 1.14. The van der Waals surface area contributed by atoms with Crippen molar-refractivity contribution in [3.63, 3.8) is 0 Å². The number of nitrogens with zero attached hydrogens (tertiary/aromatic N) is 1. The van der Waals surface area contributed by atoms with Crippen LogP contribution < -0.4 is 5.43 Å². The van der Waals surface area contributed by atoms with E-state index in [1.54, 1.807) is 30.3 Å². The molecule has 0 aliphatic rings. The van der Waals surface area contributed by atoms with E-state index in [1.807, 2.05) is 13.0 Å². The Morgan fingerprint density at radius 1 is 1.28 bits per heavy atom. The monoisotopic (exact) mass is 306 g/mol. The molecule has 2 rings (SSSR count). The van der Waals surface area contributed by atoms with Crippen LogP contribution in [-0.2, 0) is 0 Å². The van der Waals surface area contributed by atoms with E-state index < -0.39 is 0 Å². The first-order valence-electron chi connectivity index (χ1n) is 5.30. The van der Waals surface area contributed by atoms with E-state index in [4.69, 9.17) is 4.42 Å². The van der Waals surface area contributed by atoms with Crippen molar-refractivity contribution in [2.45, 2.75) is 6.92 Å². The van der Waals surface area contributed by atoms with Gasteiger partial charge < -0.3 is 4.42 Å². The fourth-order valence-electron chi connectivity index (χ4n) is 1.34. The summed E-state index contributed by atoms with van der Waals surface area (Å²) >= 11 is 3.31. The summed E-state index contributed by atoms with van der Waals surface area (Å²) < 4.78 is 6.20. The highest BCUT2D eigenvalue weighted by molar-refractivity contribution is 9.10. The van der Waals surface area contributed by atoms with E-state index >= 15 is 0 Å². The number of aryl methyl sites for hydroxylation is 1. The van der Waals surface area contributed by atoms with Gasteiger partial charge in [-0.2, -0.15) is 5.10 Å². The van der Waals surface area contributed by atoms with Crippen molar-refractivity contribution in [3.05, 3.63) is 58.0 Å². The standard InChI is InChI=1S/C13H11BrN2O2/c1-9-2-7-12(18-9)8-15-16-13(17)10-3-5-11(14)6-4-10/h2-8H,1H3,(H,16,17). The Hall–Kier alpha value is -1.88. The van der Waals surface area contributed by atoms with Crippen LogP contribution in [0.1, 0.15) is 21.9 Å². The van der Waals surface area contributed by atoms with Crippen molar-refractivity contribution < 1.29 is 9.21 Å². The van der Waals surface area contributed by atoms with E-state index in [2.05, 4.69) is 26.5 Å². The highest BCUT2D eigenvalue weighted by Gasteiger charge is 2.03. The molecule has 1 aromatic carbocycles. The fourth-order valence-corrected chi connectivity index (χ4v) is 1.61. The van der Waals surface area contributed by atoms with Crippen LogP contribution >= 0.6 is 15.9 Å². The van der Waals surface area contributed by atoms with Crippen molar-refractivity contribution in [2.24, 2.45) is 5.10 Å². The Morgan fingerprint density at radius 2 is 2.00 bits per heavy atom. The number of benzene rings is 1. The van der Waals surface area contributed by atoms with Crippen LogP contribution in [0.25, 0.3) is 0 Å². The zero-order chi connectivity index (χ0) is 13.0. The predicted molar refractivity (Wildman–Crippen MR) is 72.6 cm³/mol. The predicted octanol–water partition coefficient (Wildman–Crippen LogP) is 3.11. The number of halogens is 1. The minimum absolute atomic E-state index is 0.262. The highest BCUT2D eigenvalue weighted by Crippen LogP contribution is 2.10. The molecule has 0 fully saturated rings. The molecule has 18 heavy (non-hydrogen) atoms. The second-order valence-corrected chi connectivity index (χ2v) is 4.57. The van der Waals surface area contributed by atoms with Crippen molar-refractivity contribution in [3.8, 4) is 0 Å². The number of rotatable bonds is 3. The van der Waals surface area contributed by atoms with Crippen molar-refractivity contribution in [1.82, 2.24) is 5.43 Å². The number of furan rings is 1. The van der Waals surface area contributed by atoms with E-state index in [0.29, 0.717) is 11.3 Å². The summed E-state index contributed by atoms with van der Waals surface area (Å²) in [6.45, 7) is 1.84. The van der Waals surface area contributed by atoms with Gasteiger partial charge in [0, 0.05) is 10.0 Å². The van der Waals surface area contributed by atoms with Crippen molar-refractivity contribution >= 4 is 28.1 Å². The van der Waals surface area contributed by atoms with Crippen LogP contribution in [0, 0.1) is 6.92 Å². The Kier molecular flexibility index (Phi) is 3.94. The second-order valence-electron chi connectivity index (χ2n) is 3.65. The molecule has 0 saturated heterocycles. The molecule has 4 nitrogen and oxygen atoms in total. The molecule has 0 spiro atoms. The quantitative estimate of drug-likeness (QED) is 0.699. The first-order chi connectivity index (χ1) is 8.65. The molecule has 1 amide bonds.